The number of rotatable bonds is 5. The number of ether oxygens (including phenoxy) is 1. The largest absolute Gasteiger partial charge is 0.390 e. The van der Waals surface area contributed by atoms with Gasteiger partial charge < -0.3 is 9.84 Å². The summed E-state index contributed by atoms with van der Waals surface area (Å²) in [6.07, 6.45) is -0.745. The highest BCUT2D eigenvalue weighted by atomic mass is 19.2. The highest BCUT2D eigenvalue weighted by Crippen LogP contribution is 2.13. The van der Waals surface area contributed by atoms with Gasteiger partial charge in [0.25, 0.3) is 0 Å². The Labute approximate surface area is 87.5 Å². The van der Waals surface area contributed by atoms with Crippen LogP contribution in [-0.2, 0) is 11.2 Å². The van der Waals surface area contributed by atoms with Crippen LogP contribution in [0.1, 0.15) is 12.5 Å². The zero-order valence-electron chi connectivity index (χ0n) is 8.54. The van der Waals surface area contributed by atoms with Gasteiger partial charge in [0.15, 0.2) is 11.6 Å². The van der Waals surface area contributed by atoms with Crippen molar-refractivity contribution in [2.45, 2.75) is 19.4 Å². The average Bonchev–Trinajstić information content (AvgIpc) is 2.22. The van der Waals surface area contributed by atoms with Crippen LogP contribution >= 0.6 is 0 Å². The predicted octanol–water partition coefficient (Wildman–Crippen LogP) is 1.90. The third kappa shape index (κ3) is 3.57. The van der Waals surface area contributed by atoms with Crippen LogP contribution in [0, 0.1) is 11.6 Å². The lowest BCUT2D eigenvalue weighted by molar-refractivity contribution is 0.0425. The van der Waals surface area contributed by atoms with Gasteiger partial charge in [-0.3, -0.25) is 0 Å². The third-order valence-corrected chi connectivity index (χ3v) is 2.00. The van der Waals surface area contributed by atoms with E-state index in [0.29, 0.717) is 6.61 Å². The molecule has 4 heteroatoms. The summed E-state index contributed by atoms with van der Waals surface area (Å²) < 4.78 is 30.9. The van der Waals surface area contributed by atoms with Crippen molar-refractivity contribution in [3.63, 3.8) is 0 Å². The molecule has 0 aliphatic carbocycles. The molecule has 1 rings (SSSR count). The van der Waals surface area contributed by atoms with Crippen LogP contribution in [0.2, 0.25) is 0 Å². The molecule has 15 heavy (non-hydrogen) atoms. The van der Waals surface area contributed by atoms with Gasteiger partial charge in [0.05, 0.1) is 12.7 Å². The van der Waals surface area contributed by atoms with Gasteiger partial charge >= 0.3 is 0 Å². The second-order valence-corrected chi connectivity index (χ2v) is 3.23. The summed E-state index contributed by atoms with van der Waals surface area (Å²) in [6.45, 7) is 2.42. The number of aliphatic hydroxyl groups is 1. The van der Waals surface area contributed by atoms with Crippen LogP contribution in [0.25, 0.3) is 0 Å². The lowest BCUT2D eigenvalue weighted by Gasteiger charge is -2.11. The van der Waals surface area contributed by atoms with E-state index in [1.54, 1.807) is 6.92 Å². The third-order valence-electron chi connectivity index (χ3n) is 2.00. The van der Waals surface area contributed by atoms with E-state index in [0.717, 1.165) is 6.07 Å². The van der Waals surface area contributed by atoms with Crippen molar-refractivity contribution < 1.29 is 18.6 Å². The zero-order chi connectivity index (χ0) is 11.3. The maximum Gasteiger partial charge on any atom is 0.162 e. The molecule has 0 bridgehead atoms. The summed E-state index contributed by atoms with van der Waals surface area (Å²) in [7, 11) is 0. The van der Waals surface area contributed by atoms with E-state index < -0.39 is 17.7 Å². The molecule has 0 fully saturated rings. The molecule has 1 N–H and O–H groups in total. The fourth-order valence-corrected chi connectivity index (χ4v) is 1.27. The summed E-state index contributed by atoms with van der Waals surface area (Å²) in [5.41, 5.74) is 0.169. The Morgan fingerprint density at radius 3 is 2.80 bits per heavy atom. The van der Waals surface area contributed by atoms with E-state index in [-0.39, 0.29) is 18.6 Å². The molecule has 0 aliphatic heterocycles. The first-order chi connectivity index (χ1) is 7.15. The van der Waals surface area contributed by atoms with E-state index in [4.69, 9.17) is 4.74 Å². The van der Waals surface area contributed by atoms with Crippen LogP contribution in [-0.4, -0.2) is 24.4 Å². The van der Waals surface area contributed by atoms with Gasteiger partial charge in [0.2, 0.25) is 0 Å². The summed E-state index contributed by atoms with van der Waals surface area (Å²) in [6, 6.07) is 3.92. The number of benzene rings is 1. The predicted molar refractivity (Wildman–Crippen MR) is 52.6 cm³/mol. The Bertz CT molecular complexity index is 315. The fraction of sp³-hybridized carbons (Fsp3) is 0.455. The Balaban J connectivity index is 2.60. The quantitative estimate of drug-likeness (QED) is 0.814. The van der Waals surface area contributed by atoms with Crippen LogP contribution in [0.5, 0.6) is 0 Å². The highest BCUT2D eigenvalue weighted by molar-refractivity contribution is 5.19. The molecule has 0 radical (unpaired) electrons. The SMILES string of the molecule is CCOCC(O)Cc1cccc(F)c1F. The van der Waals surface area contributed by atoms with Gasteiger partial charge in [-0.1, -0.05) is 12.1 Å². The molecule has 0 saturated carbocycles. The van der Waals surface area contributed by atoms with E-state index in [9.17, 15) is 13.9 Å². The minimum absolute atomic E-state index is 0.0591. The van der Waals surface area contributed by atoms with Gasteiger partial charge in [0, 0.05) is 13.0 Å². The van der Waals surface area contributed by atoms with Crippen molar-refractivity contribution in [1.82, 2.24) is 0 Å². The molecule has 2 nitrogen and oxygen atoms in total. The van der Waals surface area contributed by atoms with Crippen molar-refractivity contribution in [2.75, 3.05) is 13.2 Å². The fourth-order valence-electron chi connectivity index (χ4n) is 1.27. The Morgan fingerprint density at radius 2 is 2.13 bits per heavy atom. The average molecular weight is 216 g/mol. The standard InChI is InChI=1S/C11H14F2O2/c1-2-15-7-9(14)6-8-4-3-5-10(12)11(8)13/h3-5,9,14H,2,6-7H2,1H3. The Hall–Kier alpha value is -1.00. The minimum Gasteiger partial charge on any atom is -0.390 e. The topological polar surface area (TPSA) is 29.5 Å². The molecule has 1 aromatic rings. The lowest BCUT2D eigenvalue weighted by atomic mass is 10.1. The maximum atomic E-state index is 13.2. The van der Waals surface area contributed by atoms with Crippen LogP contribution < -0.4 is 0 Å². The summed E-state index contributed by atoms with van der Waals surface area (Å²) >= 11 is 0. The lowest BCUT2D eigenvalue weighted by Crippen LogP contribution is -2.19. The first-order valence-corrected chi connectivity index (χ1v) is 4.83. The number of hydrogen-bond acceptors (Lipinski definition) is 2. The van der Waals surface area contributed by atoms with Gasteiger partial charge in [-0.25, -0.2) is 8.78 Å². The van der Waals surface area contributed by atoms with E-state index >= 15 is 0 Å². The summed E-state index contributed by atoms with van der Waals surface area (Å²) in [5.74, 6) is -1.79. The van der Waals surface area contributed by atoms with E-state index in [2.05, 4.69) is 0 Å². The van der Waals surface area contributed by atoms with Gasteiger partial charge in [0.1, 0.15) is 0 Å². The Morgan fingerprint density at radius 1 is 1.40 bits per heavy atom. The molecular weight excluding hydrogens is 202 g/mol. The zero-order valence-corrected chi connectivity index (χ0v) is 8.54. The second-order valence-electron chi connectivity index (χ2n) is 3.23. The first kappa shape index (κ1) is 12.1. The molecule has 1 atom stereocenters. The highest BCUT2D eigenvalue weighted by Gasteiger charge is 2.12. The maximum absolute atomic E-state index is 13.2. The van der Waals surface area contributed by atoms with Crippen molar-refractivity contribution in [3.05, 3.63) is 35.4 Å². The molecule has 0 aromatic heterocycles. The number of hydrogen-bond donors (Lipinski definition) is 1. The number of aliphatic hydroxyl groups excluding tert-OH is 1. The number of halogens is 2. The van der Waals surface area contributed by atoms with Crippen LogP contribution in [0.4, 0.5) is 8.78 Å². The van der Waals surface area contributed by atoms with Gasteiger partial charge in [-0.2, -0.15) is 0 Å². The van der Waals surface area contributed by atoms with Crippen molar-refractivity contribution >= 4 is 0 Å². The molecule has 0 amide bonds. The van der Waals surface area contributed by atoms with Crippen molar-refractivity contribution in [1.29, 1.82) is 0 Å². The second kappa shape index (κ2) is 5.78. The molecule has 1 aromatic carbocycles. The molecule has 0 spiro atoms. The Kier molecular flexibility index (Phi) is 4.65. The monoisotopic (exact) mass is 216 g/mol. The minimum atomic E-state index is -0.895. The molecule has 1 unspecified atom stereocenters. The van der Waals surface area contributed by atoms with Crippen molar-refractivity contribution in [2.24, 2.45) is 0 Å². The smallest absolute Gasteiger partial charge is 0.162 e. The normalized spacial score (nSPS) is 12.8. The molecule has 0 saturated heterocycles. The van der Waals surface area contributed by atoms with Crippen molar-refractivity contribution in [3.8, 4) is 0 Å². The van der Waals surface area contributed by atoms with E-state index in [1.807, 2.05) is 0 Å². The molecule has 0 aliphatic rings. The van der Waals surface area contributed by atoms with Gasteiger partial charge in [-0.05, 0) is 18.6 Å². The van der Waals surface area contributed by atoms with E-state index in [1.165, 1.54) is 12.1 Å². The van der Waals surface area contributed by atoms with Gasteiger partial charge in [-0.15, -0.1) is 0 Å². The summed E-state index contributed by atoms with van der Waals surface area (Å²) in [4.78, 5) is 0. The first-order valence-electron chi connectivity index (χ1n) is 4.83. The van der Waals surface area contributed by atoms with Crippen LogP contribution in [0.3, 0.4) is 0 Å². The summed E-state index contributed by atoms with van der Waals surface area (Å²) in [5, 5.41) is 9.43. The molecule has 0 heterocycles. The molecule has 84 valence electrons. The van der Waals surface area contributed by atoms with Crippen LogP contribution in [0.15, 0.2) is 18.2 Å². The molecular formula is C11H14F2O2.